The Bertz CT molecular complexity index is 704. The van der Waals surface area contributed by atoms with Gasteiger partial charge in [-0.15, -0.1) is 0 Å². The summed E-state index contributed by atoms with van der Waals surface area (Å²) in [6.07, 6.45) is 8.85. The Hall–Kier alpha value is -1.71. The molecule has 1 aliphatic rings. The van der Waals surface area contributed by atoms with Gasteiger partial charge in [0, 0.05) is 52.3 Å². The largest absolute Gasteiger partial charge is 0.382 e. The molecule has 1 aromatic heterocycles. The summed E-state index contributed by atoms with van der Waals surface area (Å²) in [7, 11) is -1.82. The van der Waals surface area contributed by atoms with E-state index in [0.717, 1.165) is 26.2 Å². The molecular weight excluding hydrogens is 378 g/mol. The van der Waals surface area contributed by atoms with Crippen LogP contribution in [0.1, 0.15) is 39.0 Å². The fourth-order valence-electron chi connectivity index (χ4n) is 3.52. The molecule has 0 amide bonds. The van der Waals surface area contributed by atoms with Crippen LogP contribution in [0, 0.1) is 5.41 Å². The third kappa shape index (κ3) is 7.03. The molecular formula is C19H33N5O3S. The van der Waals surface area contributed by atoms with E-state index in [1.165, 1.54) is 37.9 Å². The van der Waals surface area contributed by atoms with Crippen LogP contribution in [-0.4, -0.2) is 59.3 Å². The predicted octanol–water partition coefficient (Wildman–Crippen LogP) is 1.51. The lowest BCUT2D eigenvalue weighted by Gasteiger charge is -2.30. The van der Waals surface area contributed by atoms with Gasteiger partial charge in [-0.2, -0.15) is 0 Å². The molecule has 1 aromatic rings. The first-order valence-electron chi connectivity index (χ1n) is 9.93. The van der Waals surface area contributed by atoms with E-state index in [9.17, 15) is 8.42 Å². The number of pyridine rings is 1. The van der Waals surface area contributed by atoms with E-state index in [4.69, 9.17) is 4.74 Å². The topological polar surface area (TPSA) is 105 Å². The van der Waals surface area contributed by atoms with Crippen molar-refractivity contribution in [3.8, 4) is 0 Å². The Labute approximate surface area is 168 Å². The summed E-state index contributed by atoms with van der Waals surface area (Å²) in [4.78, 5) is 8.25. The SMILES string of the molecule is CCOCCC1(CNC(=NC)NCCNS(=O)(=O)c2cccnc2)CCCC1. The van der Waals surface area contributed by atoms with E-state index in [0.29, 0.717) is 12.5 Å². The van der Waals surface area contributed by atoms with Crippen LogP contribution in [0.15, 0.2) is 34.4 Å². The molecule has 0 saturated heterocycles. The molecule has 2 rings (SSSR count). The maximum atomic E-state index is 12.2. The van der Waals surface area contributed by atoms with Crippen molar-refractivity contribution in [2.45, 2.75) is 43.9 Å². The smallest absolute Gasteiger partial charge is 0.242 e. The first kappa shape index (κ1) is 22.6. The normalized spacial score (nSPS) is 16.9. The van der Waals surface area contributed by atoms with Crippen molar-refractivity contribution in [2.24, 2.45) is 10.4 Å². The van der Waals surface area contributed by atoms with Gasteiger partial charge < -0.3 is 15.4 Å². The molecule has 3 N–H and O–H groups in total. The van der Waals surface area contributed by atoms with Gasteiger partial charge in [0.2, 0.25) is 10.0 Å². The molecule has 9 heteroatoms. The van der Waals surface area contributed by atoms with Gasteiger partial charge in [0.15, 0.2) is 5.96 Å². The van der Waals surface area contributed by atoms with Crippen LogP contribution in [-0.2, 0) is 14.8 Å². The Morgan fingerprint density at radius 2 is 2.07 bits per heavy atom. The highest BCUT2D eigenvalue weighted by Crippen LogP contribution is 2.40. The fraction of sp³-hybridized carbons (Fsp3) is 0.684. The van der Waals surface area contributed by atoms with Gasteiger partial charge in [-0.05, 0) is 43.7 Å². The van der Waals surface area contributed by atoms with Crippen LogP contribution in [0.25, 0.3) is 0 Å². The lowest BCUT2D eigenvalue weighted by atomic mass is 9.83. The molecule has 158 valence electrons. The Kier molecular flexibility index (Phi) is 9.14. The Balaban J connectivity index is 1.75. The second kappa shape index (κ2) is 11.3. The summed E-state index contributed by atoms with van der Waals surface area (Å²) >= 11 is 0. The summed E-state index contributed by atoms with van der Waals surface area (Å²) in [6.45, 7) is 5.11. The number of hydrogen-bond acceptors (Lipinski definition) is 5. The number of aromatic nitrogens is 1. The first-order valence-corrected chi connectivity index (χ1v) is 11.4. The van der Waals surface area contributed by atoms with Gasteiger partial charge in [0.1, 0.15) is 4.90 Å². The number of nitrogens with one attached hydrogen (secondary N) is 3. The van der Waals surface area contributed by atoms with Gasteiger partial charge in [-0.3, -0.25) is 9.98 Å². The molecule has 0 bridgehead atoms. The number of hydrogen-bond donors (Lipinski definition) is 3. The van der Waals surface area contributed by atoms with E-state index < -0.39 is 10.0 Å². The highest BCUT2D eigenvalue weighted by Gasteiger charge is 2.33. The van der Waals surface area contributed by atoms with E-state index in [2.05, 4.69) is 25.3 Å². The monoisotopic (exact) mass is 411 g/mol. The molecule has 1 heterocycles. The molecule has 0 aromatic carbocycles. The van der Waals surface area contributed by atoms with Crippen molar-refractivity contribution in [3.63, 3.8) is 0 Å². The van der Waals surface area contributed by atoms with Crippen molar-refractivity contribution in [1.82, 2.24) is 20.3 Å². The van der Waals surface area contributed by atoms with Crippen LogP contribution in [0.5, 0.6) is 0 Å². The maximum absolute atomic E-state index is 12.2. The summed E-state index contributed by atoms with van der Waals surface area (Å²) in [6, 6.07) is 3.12. The standard InChI is InChI=1S/C19H33N5O3S/c1-3-27-14-10-19(8-4-5-9-19)16-23-18(20-2)22-12-13-24-28(25,26)17-7-6-11-21-15-17/h6-7,11,15,24H,3-5,8-10,12-14,16H2,1-2H3,(H2,20,22,23). The minimum atomic E-state index is -3.54. The van der Waals surface area contributed by atoms with Crippen molar-refractivity contribution in [3.05, 3.63) is 24.5 Å². The molecule has 1 saturated carbocycles. The average molecular weight is 412 g/mol. The number of ether oxygens (including phenoxy) is 1. The summed E-state index contributed by atoms with van der Waals surface area (Å²) < 4.78 is 32.5. The zero-order valence-corrected chi connectivity index (χ0v) is 17.7. The van der Waals surface area contributed by atoms with Crippen molar-refractivity contribution in [1.29, 1.82) is 0 Å². The molecule has 1 fully saturated rings. The third-order valence-corrected chi connectivity index (χ3v) is 6.60. The van der Waals surface area contributed by atoms with Crippen molar-refractivity contribution < 1.29 is 13.2 Å². The van der Waals surface area contributed by atoms with Crippen LogP contribution in [0.4, 0.5) is 0 Å². The highest BCUT2D eigenvalue weighted by atomic mass is 32.2. The van der Waals surface area contributed by atoms with Crippen molar-refractivity contribution >= 4 is 16.0 Å². The Morgan fingerprint density at radius 3 is 2.71 bits per heavy atom. The molecule has 0 atom stereocenters. The van der Waals surface area contributed by atoms with Crippen LogP contribution in [0.2, 0.25) is 0 Å². The van der Waals surface area contributed by atoms with Gasteiger partial charge in [-0.1, -0.05) is 12.8 Å². The van der Waals surface area contributed by atoms with E-state index in [1.54, 1.807) is 19.3 Å². The first-order chi connectivity index (χ1) is 13.5. The van der Waals surface area contributed by atoms with Crippen LogP contribution < -0.4 is 15.4 Å². The summed E-state index contributed by atoms with van der Waals surface area (Å²) in [5.74, 6) is 0.684. The van der Waals surface area contributed by atoms with Gasteiger partial charge in [0.05, 0.1) is 0 Å². The average Bonchev–Trinajstić information content (AvgIpc) is 3.17. The molecule has 0 aliphatic heterocycles. The fourth-order valence-corrected chi connectivity index (χ4v) is 4.52. The zero-order chi connectivity index (χ0) is 20.3. The second-order valence-corrected chi connectivity index (χ2v) is 8.86. The predicted molar refractivity (Wildman–Crippen MR) is 111 cm³/mol. The molecule has 28 heavy (non-hydrogen) atoms. The molecule has 8 nitrogen and oxygen atoms in total. The molecule has 0 unspecified atom stereocenters. The van der Waals surface area contributed by atoms with Crippen LogP contribution in [0.3, 0.4) is 0 Å². The zero-order valence-electron chi connectivity index (χ0n) is 16.9. The second-order valence-electron chi connectivity index (χ2n) is 7.09. The van der Waals surface area contributed by atoms with Gasteiger partial charge in [-0.25, -0.2) is 13.1 Å². The number of guanidine groups is 1. The number of nitrogens with zero attached hydrogens (tertiary/aromatic N) is 2. The number of aliphatic imine (C=N–C) groups is 1. The van der Waals surface area contributed by atoms with Gasteiger partial charge >= 0.3 is 0 Å². The van der Waals surface area contributed by atoms with E-state index in [1.807, 2.05) is 6.92 Å². The lowest BCUT2D eigenvalue weighted by molar-refractivity contribution is 0.105. The minimum Gasteiger partial charge on any atom is -0.382 e. The summed E-state index contributed by atoms with van der Waals surface area (Å²) in [5, 5.41) is 6.57. The lowest BCUT2D eigenvalue weighted by Crippen LogP contribution is -2.45. The summed E-state index contributed by atoms with van der Waals surface area (Å²) in [5.41, 5.74) is 0.259. The molecule has 0 spiro atoms. The van der Waals surface area contributed by atoms with Gasteiger partial charge in [0.25, 0.3) is 0 Å². The maximum Gasteiger partial charge on any atom is 0.242 e. The molecule has 1 aliphatic carbocycles. The van der Waals surface area contributed by atoms with Crippen LogP contribution >= 0.6 is 0 Å². The van der Waals surface area contributed by atoms with E-state index >= 15 is 0 Å². The number of sulfonamides is 1. The third-order valence-electron chi connectivity index (χ3n) is 5.15. The van der Waals surface area contributed by atoms with Crippen molar-refractivity contribution in [2.75, 3.05) is 39.9 Å². The highest BCUT2D eigenvalue weighted by molar-refractivity contribution is 7.89. The number of rotatable bonds is 11. The minimum absolute atomic E-state index is 0.162. The van der Waals surface area contributed by atoms with E-state index in [-0.39, 0.29) is 16.9 Å². The quantitative estimate of drug-likeness (QED) is 0.290. The molecule has 0 radical (unpaired) electrons. The Morgan fingerprint density at radius 1 is 1.29 bits per heavy atom.